The number of esters is 1. The van der Waals surface area contributed by atoms with E-state index in [2.05, 4.69) is 53.4 Å². The van der Waals surface area contributed by atoms with Crippen molar-refractivity contribution in [1.29, 1.82) is 0 Å². The fourth-order valence-corrected chi connectivity index (χ4v) is 1.43. The summed E-state index contributed by atoms with van der Waals surface area (Å²) < 4.78 is 22.7. The molecule has 0 aromatic carbocycles. The number of amides is 4. The summed E-state index contributed by atoms with van der Waals surface area (Å²) in [4.78, 5) is 67.7. The lowest BCUT2D eigenvalue weighted by Gasteiger charge is -2.10. The van der Waals surface area contributed by atoms with E-state index in [0.29, 0.717) is 5.57 Å². The SMILES string of the molecule is C=C(C)C(=O)CCOC(=O)NCNC(=O)OCOC(=O)NCNC(=O)OCOC(=O)C(=C)C. The molecule has 15 heteroatoms. The van der Waals surface area contributed by atoms with Gasteiger partial charge in [-0.15, -0.1) is 0 Å². The van der Waals surface area contributed by atoms with Crippen LogP contribution in [0.3, 0.4) is 0 Å². The van der Waals surface area contributed by atoms with E-state index in [4.69, 9.17) is 4.74 Å². The second kappa shape index (κ2) is 16.4. The topological polar surface area (TPSA) is 197 Å². The molecule has 0 aromatic rings. The van der Waals surface area contributed by atoms with Gasteiger partial charge >= 0.3 is 30.3 Å². The molecule has 0 fully saturated rings. The van der Waals surface area contributed by atoms with Crippen LogP contribution in [-0.4, -0.2) is 69.7 Å². The lowest BCUT2D eigenvalue weighted by atomic mass is 10.2. The summed E-state index contributed by atoms with van der Waals surface area (Å²) in [5, 5.41) is 8.47. The number of rotatable bonds is 13. The van der Waals surface area contributed by atoms with E-state index in [1.165, 1.54) is 13.8 Å². The Hall–Kier alpha value is -4.30. The largest absolute Gasteiger partial charge is 0.449 e. The molecule has 0 spiro atoms. The van der Waals surface area contributed by atoms with Crippen molar-refractivity contribution in [2.24, 2.45) is 0 Å². The molecule has 0 radical (unpaired) electrons. The quantitative estimate of drug-likeness (QED) is 0.125. The van der Waals surface area contributed by atoms with Crippen molar-refractivity contribution in [3.63, 3.8) is 0 Å². The average molecular weight is 474 g/mol. The van der Waals surface area contributed by atoms with Gasteiger partial charge in [-0.3, -0.25) is 4.79 Å². The molecule has 0 saturated carbocycles. The molecular formula is C18H26N4O11. The molecule has 4 N–H and O–H groups in total. The summed E-state index contributed by atoms with van der Waals surface area (Å²) in [6.07, 6.45) is -3.94. The highest BCUT2D eigenvalue weighted by Crippen LogP contribution is 1.95. The van der Waals surface area contributed by atoms with Gasteiger partial charge in [0.05, 0.1) is 13.3 Å². The van der Waals surface area contributed by atoms with Gasteiger partial charge in [0.25, 0.3) is 0 Å². The number of hydrogen-bond donors (Lipinski definition) is 4. The first-order valence-electron chi connectivity index (χ1n) is 9.16. The summed E-state index contributed by atoms with van der Waals surface area (Å²) >= 11 is 0. The van der Waals surface area contributed by atoms with Crippen LogP contribution in [-0.2, 0) is 33.3 Å². The number of carbonyl (C=O) groups is 6. The number of Topliss-reactive ketones (excluding diaryl/α,β-unsaturated/α-hetero) is 1. The van der Waals surface area contributed by atoms with E-state index < -0.39 is 50.6 Å². The van der Waals surface area contributed by atoms with Crippen molar-refractivity contribution >= 4 is 36.1 Å². The molecule has 184 valence electrons. The molecule has 0 heterocycles. The van der Waals surface area contributed by atoms with Gasteiger partial charge in [-0.05, 0) is 19.4 Å². The molecule has 0 saturated heterocycles. The minimum Gasteiger partial charge on any atom is -0.449 e. The zero-order chi connectivity index (χ0) is 25.2. The normalized spacial score (nSPS) is 9.39. The molecule has 15 nitrogen and oxygen atoms in total. The summed E-state index contributed by atoms with van der Waals surface area (Å²) in [6.45, 7) is 7.42. The van der Waals surface area contributed by atoms with Crippen LogP contribution >= 0.6 is 0 Å². The summed E-state index contributed by atoms with van der Waals surface area (Å²) in [5.74, 6) is -0.984. The van der Waals surface area contributed by atoms with Gasteiger partial charge in [0.1, 0.15) is 6.61 Å². The Labute approximate surface area is 188 Å². The maximum atomic E-state index is 11.4. The van der Waals surface area contributed by atoms with Crippen molar-refractivity contribution in [2.45, 2.75) is 20.3 Å². The van der Waals surface area contributed by atoms with Gasteiger partial charge in [-0.1, -0.05) is 13.2 Å². The molecule has 0 unspecified atom stereocenters. The number of ketones is 1. The van der Waals surface area contributed by atoms with E-state index in [1.807, 2.05) is 0 Å². The Morgan fingerprint density at radius 1 is 0.606 bits per heavy atom. The highest BCUT2D eigenvalue weighted by molar-refractivity contribution is 5.94. The molecular weight excluding hydrogens is 448 g/mol. The van der Waals surface area contributed by atoms with Gasteiger partial charge in [-0.25, -0.2) is 24.0 Å². The highest BCUT2D eigenvalue weighted by Gasteiger charge is 2.09. The Morgan fingerprint density at radius 2 is 1.00 bits per heavy atom. The van der Waals surface area contributed by atoms with Crippen LogP contribution in [0.25, 0.3) is 0 Å². The fourth-order valence-electron chi connectivity index (χ4n) is 1.43. The molecule has 0 aromatic heterocycles. The third-order valence-electron chi connectivity index (χ3n) is 3.08. The number of ether oxygens (including phenoxy) is 5. The van der Waals surface area contributed by atoms with Gasteiger partial charge in [0.2, 0.25) is 13.6 Å². The van der Waals surface area contributed by atoms with Gasteiger partial charge in [0.15, 0.2) is 5.78 Å². The first-order chi connectivity index (χ1) is 15.5. The van der Waals surface area contributed by atoms with Crippen LogP contribution in [0.2, 0.25) is 0 Å². The van der Waals surface area contributed by atoms with Gasteiger partial charge in [-0.2, -0.15) is 0 Å². The Bertz CT molecular complexity index is 704. The molecule has 0 aliphatic rings. The number of carbonyl (C=O) groups excluding carboxylic acids is 6. The third kappa shape index (κ3) is 16.1. The third-order valence-corrected chi connectivity index (χ3v) is 3.08. The predicted octanol–water partition coefficient (Wildman–Crippen LogP) is 0.376. The van der Waals surface area contributed by atoms with Crippen molar-refractivity contribution < 1.29 is 52.5 Å². The van der Waals surface area contributed by atoms with Crippen LogP contribution < -0.4 is 21.3 Å². The van der Waals surface area contributed by atoms with E-state index >= 15 is 0 Å². The van der Waals surface area contributed by atoms with E-state index in [9.17, 15) is 28.8 Å². The minimum atomic E-state index is -1.04. The van der Waals surface area contributed by atoms with Crippen molar-refractivity contribution in [1.82, 2.24) is 21.3 Å². The van der Waals surface area contributed by atoms with E-state index in [1.54, 1.807) is 0 Å². The van der Waals surface area contributed by atoms with Gasteiger partial charge in [0, 0.05) is 12.0 Å². The standard InChI is InChI=1S/C18H26N4O11/c1-11(2)13(23)5-6-29-15(25)19-7-20-17(27)32-10-33-18(28)22-8-21-16(26)31-9-30-14(24)12(3)4/h1,3,5-10H2,2,4H3,(H,19,25)(H,20,27)(H,21,26)(H,22,28). The van der Waals surface area contributed by atoms with Crippen LogP contribution in [0.15, 0.2) is 24.3 Å². The number of nitrogens with one attached hydrogen (secondary N) is 4. The van der Waals surface area contributed by atoms with Crippen LogP contribution in [0.1, 0.15) is 20.3 Å². The molecule has 0 bridgehead atoms. The molecule has 4 amide bonds. The van der Waals surface area contributed by atoms with Crippen molar-refractivity contribution in [3.05, 3.63) is 24.3 Å². The average Bonchev–Trinajstić information content (AvgIpc) is 2.73. The smallest absolute Gasteiger partial charge is 0.411 e. The zero-order valence-electron chi connectivity index (χ0n) is 18.1. The Balaban J connectivity index is 3.73. The van der Waals surface area contributed by atoms with E-state index in [-0.39, 0.29) is 31.1 Å². The zero-order valence-corrected chi connectivity index (χ0v) is 18.1. The van der Waals surface area contributed by atoms with Crippen molar-refractivity contribution in [3.8, 4) is 0 Å². The lowest BCUT2D eigenvalue weighted by molar-refractivity contribution is -0.147. The summed E-state index contributed by atoms with van der Waals surface area (Å²) in [5.41, 5.74) is 0.471. The molecule has 33 heavy (non-hydrogen) atoms. The minimum absolute atomic E-state index is 0.0147. The fraction of sp³-hybridized carbons (Fsp3) is 0.444. The van der Waals surface area contributed by atoms with Crippen LogP contribution in [0.5, 0.6) is 0 Å². The Kier molecular flexibility index (Phi) is 14.3. The first kappa shape index (κ1) is 28.7. The van der Waals surface area contributed by atoms with Gasteiger partial charge < -0.3 is 45.0 Å². The first-order valence-corrected chi connectivity index (χ1v) is 9.16. The second-order valence-electron chi connectivity index (χ2n) is 5.89. The number of hydrogen-bond acceptors (Lipinski definition) is 11. The summed E-state index contributed by atoms with van der Waals surface area (Å²) in [7, 11) is 0. The number of allylic oxidation sites excluding steroid dienone is 1. The lowest BCUT2D eigenvalue weighted by Crippen LogP contribution is -2.39. The Morgan fingerprint density at radius 3 is 1.39 bits per heavy atom. The van der Waals surface area contributed by atoms with Crippen LogP contribution in [0, 0.1) is 0 Å². The van der Waals surface area contributed by atoms with Crippen molar-refractivity contribution in [2.75, 3.05) is 33.5 Å². The molecule has 0 rings (SSSR count). The molecule has 0 atom stereocenters. The summed E-state index contributed by atoms with van der Waals surface area (Å²) in [6, 6.07) is 0. The van der Waals surface area contributed by atoms with E-state index in [0.717, 1.165) is 0 Å². The second-order valence-corrected chi connectivity index (χ2v) is 5.89. The number of alkyl carbamates (subject to hydrolysis) is 4. The van der Waals surface area contributed by atoms with Crippen LogP contribution in [0.4, 0.5) is 19.2 Å². The monoisotopic (exact) mass is 474 g/mol. The molecule has 0 aliphatic carbocycles. The maximum Gasteiger partial charge on any atom is 0.411 e. The maximum absolute atomic E-state index is 11.4. The molecule has 0 aliphatic heterocycles. The highest BCUT2D eigenvalue weighted by atomic mass is 16.7. The predicted molar refractivity (Wildman–Crippen MR) is 108 cm³/mol.